The highest BCUT2D eigenvalue weighted by Gasteiger charge is 2.29. The van der Waals surface area contributed by atoms with Gasteiger partial charge in [0.15, 0.2) is 5.82 Å². The number of nitrogens with zero attached hydrogens (tertiary/aromatic N) is 3. The van der Waals surface area contributed by atoms with E-state index in [4.69, 9.17) is 0 Å². The molecule has 0 aliphatic heterocycles. The topological polar surface area (TPSA) is 95.6 Å². The van der Waals surface area contributed by atoms with Crippen LogP contribution in [0, 0.1) is 5.82 Å². The number of carbonyl (C=O) groups excluding carboxylic acids is 1. The molecule has 3 heterocycles. The molecule has 0 bridgehead atoms. The van der Waals surface area contributed by atoms with E-state index in [-0.39, 0.29) is 22.3 Å². The number of fused-ring (bicyclic) bond motifs is 1. The summed E-state index contributed by atoms with van der Waals surface area (Å²) >= 11 is 0. The van der Waals surface area contributed by atoms with Crippen molar-refractivity contribution in [2.24, 2.45) is 0 Å². The van der Waals surface area contributed by atoms with Crippen LogP contribution in [-0.4, -0.2) is 44.6 Å². The number of hydrogen-bond acceptors (Lipinski definition) is 5. The fourth-order valence-corrected chi connectivity index (χ4v) is 2.57. The fourth-order valence-electron chi connectivity index (χ4n) is 2.57. The molecule has 1 atom stereocenters. The normalized spacial score (nSPS) is 12.8. The number of alkyl halides is 3. The van der Waals surface area contributed by atoms with E-state index in [1.807, 2.05) is 5.32 Å². The van der Waals surface area contributed by atoms with Crippen molar-refractivity contribution in [1.29, 1.82) is 0 Å². The lowest BCUT2D eigenvalue weighted by atomic mass is 10.2. The Hall–Kier alpha value is -3.24. The number of halogens is 4. The molecule has 0 radical (unpaired) electrons. The smallest absolute Gasteiger partial charge is 0.358 e. The first-order chi connectivity index (χ1) is 13.3. The van der Waals surface area contributed by atoms with E-state index >= 15 is 0 Å². The van der Waals surface area contributed by atoms with Crippen molar-refractivity contribution in [2.75, 3.05) is 11.9 Å². The number of carbonyl (C=O) groups is 1. The largest absolute Gasteiger partial charge is 0.405 e. The van der Waals surface area contributed by atoms with E-state index in [0.29, 0.717) is 16.6 Å². The number of H-pyrrole nitrogens is 1. The van der Waals surface area contributed by atoms with Gasteiger partial charge in [-0.15, -0.1) is 0 Å². The molecule has 0 saturated carbocycles. The van der Waals surface area contributed by atoms with Gasteiger partial charge in [-0.25, -0.2) is 19.3 Å². The second kappa shape index (κ2) is 7.79. The fraction of sp³-hybridized carbons (Fsp3) is 0.294. The molecule has 3 rings (SSSR count). The monoisotopic (exact) mass is 402 g/mol. The maximum absolute atomic E-state index is 13.5. The second-order valence-electron chi connectivity index (χ2n) is 5.96. The number of nitrogens with one attached hydrogen (secondary N) is 3. The summed E-state index contributed by atoms with van der Waals surface area (Å²) in [6, 6.07) is 1.86. The van der Waals surface area contributed by atoms with E-state index in [0.717, 1.165) is 6.20 Å². The van der Waals surface area contributed by atoms with Crippen LogP contribution >= 0.6 is 0 Å². The van der Waals surface area contributed by atoms with Gasteiger partial charge in [0.25, 0.3) is 0 Å². The number of amides is 1. The van der Waals surface area contributed by atoms with Crippen LogP contribution in [0.15, 0.2) is 30.7 Å². The van der Waals surface area contributed by atoms with E-state index in [1.54, 1.807) is 13.1 Å². The number of anilines is 1. The molecule has 3 N–H and O–H groups in total. The minimum atomic E-state index is -4.49. The van der Waals surface area contributed by atoms with Gasteiger partial charge in [0.2, 0.25) is 5.91 Å². The zero-order valence-electron chi connectivity index (χ0n) is 14.6. The van der Waals surface area contributed by atoms with Crippen molar-refractivity contribution >= 4 is 22.8 Å². The lowest BCUT2D eigenvalue weighted by Crippen LogP contribution is -2.43. The van der Waals surface area contributed by atoms with Crippen molar-refractivity contribution in [1.82, 2.24) is 25.3 Å². The van der Waals surface area contributed by atoms with E-state index in [9.17, 15) is 22.4 Å². The molecule has 0 aromatic carbocycles. The minimum absolute atomic E-state index is 0. The van der Waals surface area contributed by atoms with Crippen molar-refractivity contribution < 1.29 is 26.6 Å². The second-order valence-corrected chi connectivity index (χ2v) is 5.96. The Morgan fingerprint density at radius 3 is 2.86 bits per heavy atom. The number of rotatable bonds is 6. The summed E-state index contributed by atoms with van der Waals surface area (Å²) in [5, 5.41) is 5.12. The Morgan fingerprint density at radius 2 is 2.14 bits per heavy atom. The first kappa shape index (κ1) is 19.5. The number of aromatic amines is 1. The van der Waals surface area contributed by atoms with Crippen LogP contribution in [0.4, 0.5) is 23.4 Å². The first-order valence-electron chi connectivity index (χ1n) is 8.34. The first-order valence-corrected chi connectivity index (χ1v) is 8.34. The third-order valence-corrected chi connectivity index (χ3v) is 3.90. The predicted molar refractivity (Wildman–Crippen MR) is 100 cm³/mol. The molecule has 0 unspecified atom stereocenters. The summed E-state index contributed by atoms with van der Waals surface area (Å²) in [4.78, 5) is 27.2. The Labute approximate surface area is 161 Å². The van der Waals surface area contributed by atoms with Gasteiger partial charge >= 0.3 is 6.18 Å². The highest BCUT2D eigenvalue weighted by atomic mass is 19.4. The molecule has 11 heteroatoms. The van der Waals surface area contributed by atoms with Gasteiger partial charge in [-0.2, -0.15) is 13.2 Å². The summed E-state index contributed by atoms with van der Waals surface area (Å²) < 4.78 is 50.4. The zero-order valence-corrected chi connectivity index (χ0v) is 14.6. The lowest BCUT2D eigenvalue weighted by molar-refractivity contribution is -0.138. The van der Waals surface area contributed by atoms with E-state index in [2.05, 4.69) is 25.3 Å². The minimum Gasteiger partial charge on any atom is -0.358 e. The molecule has 28 heavy (non-hydrogen) atoms. The van der Waals surface area contributed by atoms with E-state index < -0.39 is 30.5 Å². The Kier molecular flexibility index (Phi) is 5.43. The lowest BCUT2D eigenvalue weighted by Gasteiger charge is -2.18. The Balaban J connectivity index is 0.00000300. The molecule has 3 aromatic heterocycles. The van der Waals surface area contributed by atoms with Crippen LogP contribution in [0.3, 0.4) is 0 Å². The van der Waals surface area contributed by atoms with Gasteiger partial charge in [0.05, 0.1) is 6.20 Å². The van der Waals surface area contributed by atoms with Gasteiger partial charge < -0.3 is 15.6 Å². The molecule has 7 nitrogen and oxygen atoms in total. The molecule has 1 amide bonds. The maximum atomic E-state index is 13.5. The molecular formula is C17H22F4N6O. The molecule has 0 aliphatic rings. The summed E-state index contributed by atoms with van der Waals surface area (Å²) in [7, 11) is 0. The Morgan fingerprint density at radius 1 is 1.36 bits per heavy atom. The van der Waals surface area contributed by atoms with Crippen LogP contribution in [0.5, 0.6) is 0 Å². The average Bonchev–Trinajstić information content (AvgIpc) is 3.07. The average molecular weight is 402 g/mol. The Bertz CT molecular complexity index is 1000. The van der Waals surface area contributed by atoms with Gasteiger partial charge in [0, 0.05) is 27.6 Å². The summed E-state index contributed by atoms with van der Waals surface area (Å²) in [5.74, 6) is -0.819. The number of pyridine rings is 1. The SMILES string of the molecule is CC[C@@H](Nc1ccnc(-c2c[nH]c3ncc(F)cc23)n1)C(=O)NCC(F)(F)F.[HH].[HH].[HH]. The third kappa shape index (κ3) is 4.53. The zero-order chi connectivity index (χ0) is 20.3. The van der Waals surface area contributed by atoms with Crippen molar-refractivity contribution in [3.8, 4) is 11.4 Å². The summed E-state index contributed by atoms with van der Waals surface area (Å²) in [6.45, 7) is 0.244. The highest BCUT2D eigenvalue weighted by molar-refractivity contribution is 5.91. The van der Waals surface area contributed by atoms with Gasteiger partial charge in [-0.3, -0.25) is 4.79 Å². The van der Waals surface area contributed by atoms with Crippen molar-refractivity contribution in [3.63, 3.8) is 0 Å². The number of aromatic nitrogens is 4. The van der Waals surface area contributed by atoms with Crippen LogP contribution in [0.2, 0.25) is 0 Å². The van der Waals surface area contributed by atoms with Gasteiger partial charge in [0.1, 0.15) is 29.9 Å². The number of hydrogen-bond donors (Lipinski definition) is 3. The van der Waals surface area contributed by atoms with Crippen LogP contribution in [-0.2, 0) is 4.79 Å². The molecule has 0 aliphatic carbocycles. The predicted octanol–water partition coefficient (Wildman–Crippen LogP) is 3.77. The van der Waals surface area contributed by atoms with Gasteiger partial charge in [-0.1, -0.05) is 6.92 Å². The standard InChI is InChI=1S/C17H16F4N6O.3H2/c1-2-12(16(28)25-8-17(19,20)21)26-13-3-4-22-15(27-13)11-7-24-14-10(11)5-9(18)6-23-14;;;/h3-7,12H,2,8H2,1H3,(H,23,24)(H,25,28)(H,22,26,27);3*1H/t12-;;;/m1.../s1. The molecule has 0 spiro atoms. The molecule has 0 fully saturated rings. The quantitative estimate of drug-likeness (QED) is 0.546. The van der Waals surface area contributed by atoms with Crippen molar-refractivity contribution in [2.45, 2.75) is 25.6 Å². The summed E-state index contributed by atoms with van der Waals surface area (Å²) in [5.41, 5.74) is 0.955. The van der Waals surface area contributed by atoms with E-state index in [1.165, 1.54) is 18.3 Å². The third-order valence-electron chi connectivity index (χ3n) is 3.90. The van der Waals surface area contributed by atoms with Gasteiger partial charge in [-0.05, 0) is 18.6 Å². The molecule has 3 aromatic rings. The van der Waals surface area contributed by atoms with Crippen LogP contribution in [0.1, 0.15) is 17.6 Å². The van der Waals surface area contributed by atoms with Crippen molar-refractivity contribution in [3.05, 3.63) is 36.5 Å². The maximum Gasteiger partial charge on any atom is 0.405 e. The van der Waals surface area contributed by atoms with Crippen LogP contribution in [0.25, 0.3) is 22.4 Å². The summed E-state index contributed by atoms with van der Waals surface area (Å²) in [6.07, 6.45) is -0.174. The molecule has 154 valence electrons. The van der Waals surface area contributed by atoms with Crippen LogP contribution < -0.4 is 10.6 Å². The molecular weight excluding hydrogens is 380 g/mol. The molecule has 0 saturated heterocycles. The highest BCUT2D eigenvalue weighted by Crippen LogP contribution is 2.26.